The smallest absolute Gasteiger partial charge is 0.179 e. The number of nitrogens with one attached hydrogen (secondary N) is 2. The molecule has 1 aliphatic rings. The van der Waals surface area contributed by atoms with E-state index < -0.39 is 6.10 Å². The molecule has 1 unspecified atom stereocenters. The first-order valence-corrected chi connectivity index (χ1v) is 8.35. The Labute approximate surface area is 139 Å². The van der Waals surface area contributed by atoms with Crippen LogP contribution < -0.4 is 10.6 Å². The highest BCUT2D eigenvalue weighted by Crippen LogP contribution is 2.21. The topological polar surface area (TPSA) is 53.5 Å². The minimum atomic E-state index is -0.660. The largest absolute Gasteiger partial charge is 0.475 e. The van der Waals surface area contributed by atoms with Crippen LogP contribution in [-0.2, 0) is 11.3 Å². The molecule has 1 aromatic rings. The highest BCUT2D eigenvalue weighted by Gasteiger charge is 2.27. The van der Waals surface area contributed by atoms with Crippen LogP contribution >= 0.6 is 0 Å². The summed E-state index contributed by atoms with van der Waals surface area (Å²) in [5.74, 6) is 0.477. The molecule has 2 rings (SSSR count). The molecule has 0 bridgehead atoms. The molecule has 0 heterocycles. The molecule has 4 heteroatoms. The van der Waals surface area contributed by atoms with Crippen molar-refractivity contribution in [1.29, 1.82) is 0 Å². The fourth-order valence-corrected chi connectivity index (χ4v) is 2.43. The number of hydrogen-bond acceptors (Lipinski definition) is 4. The highest BCUT2D eigenvalue weighted by atomic mass is 16.5. The quantitative estimate of drug-likeness (QED) is 0.549. The molecule has 2 atom stereocenters. The standard InChI is InChI=1S/C19H28N2O2/c1-4-8-18(19(22)14(2)20-17-11-12-17)21-15(3)23-13-16-9-6-5-7-10-16/h5-7,9-10,17-22H,2-4,8,11-13H2,1H3/t18-,19?/m0/s1. The number of aliphatic hydroxyl groups excluding tert-OH is 1. The summed E-state index contributed by atoms with van der Waals surface area (Å²) >= 11 is 0. The Balaban J connectivity index is 1.81. The van der Waals surface area contributed by atoms with E-state index in [1.807, 2.05) is 30.3 Å². The summed E-state index contributed by atoms with van der Waals surface area (Å²) in [7, 11) is 0. The maximum atomic E-state index is 10.5. The van der Waals surface area contributed by atoms with Crippen molar-refractivity contribution >= 4 is 0 Å². The minimum Gasteiger partial charge on any atom is -0.475 e. The van der Waals surface area contributed by atoms with Crippen LogP contribution in [0.1, 0.15) is 38.2 Å². The van der Waals surface area contributed by atoms with Gasteiger partial charge in [0.05, 0.1) is 6.04 Å². The van der Waals surface area contributed by atoms with E-state index in [0.29, 0.717) is 24.2 Å². The molecule has 0 aliphatic heterocycles. The fraction of sp³-hybridized carbons (Fsp3) is 0.474. The van der Waals surface area contributed by atoms with Crippen LogP contribution in [-0.4, -0.2) is 23.3 Å². The average molecular weight is 316 g/mol. The van der Waals surface area contributed by atoms with Gasteiger partial charge in [0.15, 0.2) is 5.88 Å². The molecular formula is C19H28N2O2. The third kappa shape index (κ3) is 5.99. The van der Waals surface area contributed by atoms with Crippen molar-refractivity contribution in [2.75, 3.05) is 0 Å². The second-order valence-electron chi connectivity index (χ2n) is 6.13. The summed E-state index contributed by atoms with van der Waals surface area (Å²) in [5, 5.41) is 17.0. The number of aliphatic hydroxyl groups is 1. The van der Waals surface area contributed by atoms with Crippen molar-refractivity contribution in [2.45, 2.75) is 57.4 Å². The summed E-state index contributed by atoms with van der Waals surface area (Å²) in [6.07, 6.45) is 3.43. The lowest BCUT2D eigenvalue weighted by Crippen LogP contribution is -2.43. The summed E-state index contributed by atoms with van der Waals surface area (Å²) in [6.45, 7) is 10.4. The Morgan fingerprint density at radius 3 is 2.61 bits per heavy atom. The molecule has 1 fully saturated rings. The zero-order valence-corrected chi connectivity index (χ0v) is 13.9. The number of rotatable bonds is 11. The number of benzene rings is 1. The molecule has 126 valence electrons. The molecule has 0 aromatic heterocycles. The van der Waals surface area contributed by atoms with Gasteiger partial charge in [-0.2, -0.15) is 0 Å². The second-order valence-corrected chi connectivity index (χ2v) is 6.13. The van der Waals surface area contributed by atoms with Crippen LogP contribution in [0.25, 0.3) is 0 Å². The third-order valence-corrected chi connectivity index (χ3v) is 3.91. The molecule has 1 saturated carbocycles. The van der Waals surface area contributed by atoms with Gasteiger partial charge in [-0.15, -0.1) is 0 Å². The van der Waals surface area contributed by atoms with Crippen molar-refractivity contribution in [1.82, 2.24) is 10.6 Å². The van der Waals surface area contributed by atoms with E-state index in [1.165, 1.54) is 0 Å². The van der Waals surface area contributed by atoms with Gasteiger partial charge in [0.25, 0.3) is 0 Å². The predicted octanol–water partition coefficient (Wildman–Crippen LogP) is 3.06. The van der Waals surface area contributed by atoms with Gasteiger partial charge in [-0.3, -0.25) is 0 Å². The van der Waals surface area contributed by atoms with Crippen LogP contribution in [0.15, 0.2) is 55.1 Å². The van der Waals surface area contributed by atoms with Crippen molar-refractivity contribution in [3.8, 4) is 0 Å². The molecule has 1 aromatic carbocycles. The zero-order chi connectivity index (χ0) is 16.7. The maximum Gasteiger partial charge on any atom is 0.179 e. The van der Waals surface area contributed by atoms with Crippen LogP contribution in [0, 0.1) is 0 Å². The summed E-state index contributed by atoms with van der Waals surface area (Å²) in [5.41, 5.74) is 1.76. The van der Waals surface area contributed by atoms with Gasteiger partial charge in [0.2, 0.25) is 0 Å². The molecule has 0 radical (unpaired) electrons. The third-order valence-electron chi connectivity index (χ3n) is 3.91. The van der Waals surface area contributed by atoms with E-state index in [4.69, 9.17) is 4.74 Å². The van der Waals surface area contributed by atoms with Crippen LogP contribution in [0.5, 0.6) is 0 Å². The highest BCUT2D eigenvalue weighted by molar-refractivity contribution is 5.14. The molecule has 3 N–H and O–H groups in total. The summed E-state index contributed by atoms with van der Waals surface area (Å²) in [6, 6.07) is 10.3. The Morgan fingerprint density at radius 1 is 1.30 bits per heavy atom. The fourth-order valence-electron chi connectivity index (χ4n) is 2.43. The van der Waals surface area contributed by atoms with Gasteiger partial charge >= 0.3 is 0 Å². The lowest BCUT2D eigenvalue weighted by Gasteiger charge is -2.27. The molecular weight excluding hydrogens is 288 g/mol. The van der Waals surface area contributed by atoms with Crippen molar-refractivity contribution in [3.63, 3.8) is 0 Å². The first kappa shape index (κ1) is 17.4. The van der Waals surface area contributed by atoms with E-state index in [0.717, 1.165) is 31.2 Å². The SMILES string of the molecule is C=C(N[C@@H](CCC)C(O)C(=C)NC1CC1)OCc1ccccc1. The average Bonchev–Trinajstić information content (AvgIpc) is 3.36. The lowest BCUT2D eigenvalue weighted by atomic mass is 10.0. The van der Waals surface area contributed by atoms with Gasteiger partial charge in [-0.05, 0) is 31.4 Å². The van der Waals surface area contributed by atoms with Crippen molar-refractivity contribution in [2.24, 2.45) is 0 Å². The minimum absolute atomic E-state index is 0.151. The number of ether oxygens (including phenoxy) is 1. The summed E-state index contributed by atoms with van der Waals surface area (Å²) in [4.78, 5) is 0. The molecule has 4 nitrogen and oxygen atoms in total. The first-order valence-electron chi connectivity index (χ1n) is 8.35. The normalized spacial score (nSPS) is 16.3. The van der Waals surface area contributed by atoms with Crippen LogP contribution in [0.2, 0.25) is 0 Å². The zero-order valence-electron chi connectivity index (χ0n) is 13.9. The summed E-state index contributed by atoms with van der Waals surface area (Å²) < 4.78 is 5.66. The Kier molecular flexibility index (Phi) is 6.53. The van der Waals surface area contributed by atoms with E-state index in [-0.39, 0.29) is 6.04 Å². The molecule has 0 amide bonds. The molecule has 0 spiro atoms. The van der Waals surface area contributed by atoms with Gasteiger partial charge < -0.3 is 20.5 Å². The van der Waals surface area contributed by atoms with Gasteiger partial charge in [-0.1, -0.05) is 50.3 Å². The number of hydrogen-bond donors (Lipinski definition) is 3. The maximum absolute atomic E-state index is 10.5. The molecule has 0 saturated heterocycles. The van der Waals surface area contributed by atoms with Gasteiger partial charge in [-0.25, -0.2) is 0 Å². The Hall–Kier alpha value is -1.94. The van der Waals surface area contributed by atoms with E-state index >= 15 is 0 Å². The Morgan fingerprint density at radius 2 is 2.00 bits per heavy atom. The van der Waals surface area contributed by atoms with Crippen molar-refractivity contribution in [3.05, 3.63) is 60.6 Å². The van der Waals surface area contributed by atoms with Gasteiger partial charge in [0, 0.05) is 11.7 Å². The Bertz CT molecular complexity index is 511. The van der Waals surface area contributed by atoms with Crippen LogP contribution in [0.4, 0.5) is 0 Å². The van der Waals surface area contributed by atoms with E-state index in [1.54, 1.807) is 0 Å². The monoisotopic (exact) mass is 316 g/mol. The first-order chi connectivity index (χ1) is 11.1. The van der Waals surface area contributed by atoms with Crippen molar-refractivity contribution < 1.29 is 9.84 Å². The molecule has 23 heavy (non-hydrogen) atoms. The second kappa shape index (κ2) is 8.63. The van der Waals surface area contributed by atoms with E-state index in [9.17, 15) is 5.11 Å². The van der Waals surface area contributed by atoms with Gasteiger partial charge in [0.1, 0.15) is 12.7 Å². The van der Waals surface area contributed by atoms with Crippen LogP contribution in [0.3, 0.4) is 0 Å². The predicted molar refractivity (Wildman–Crippen MR) is 93.5 cm³/mol. The lowest BCUT2D eigenvalue weighted by molar-refractivity contribution is 0.119. The van der Waals surface area contributed by atoms with E-state index in [2.05, 4.69) is 30.7 Å². The molecule has 1 aliphatic carbocycles.